The van der Waals surface area contributed by atoms with Gasteiger partial charge >= 0.3 is 6.03 Å². The number of nitriles is 1. The first kappa shape index (κ1) is 15.4. The molecule has 3 aliphatic rings. The van der Waals surface area contributed by atoms with Crippen molar-refractivity contribution in [1.82, 2.24) is 10.6 Å². The third-order valence-electron chi connectivity index (χ3n) is 4.28. The zero-order chi connectivity index (χ0) is 17.7. The fraction of sp³-hybridized carbons (Fsp3) is 0.267. The summed E-state index contributed by atoms with van der Waals surface area (Å²) in [5.41, 5.74) is 6.33. The molecular weight excluding hydrogens is 352 g/mol. The Labute approximate surface area is 146 Å². The molecule has 1 fully saturated rings. The zero-order valence-corrected chi connectivity index (χ0v) is 13.3. The van der Waals surface area contributed by atoms with Gasteiger partial charge < -0.3 is 25.3 Å². The highest BCUT2D eigenvalue weighted by Crippen LogP contribution is 2.46. The number of ether oxygens (including phenoxy) is 3. The average Bonchev–Trinajstić information content (AvgIpc) is 2.99. The number of urea groups is 1. The van der Waals surface area contributed by atoms with Gasteiger partial charge in [0.05, 0.1) is 5.57 Å². The number of fused-ring (bicyclic) bond motifs is 2. The van der Waals surface area contributed by atoms with Crippen LogP contribution in [0, 0.1) is 17.2 Å². The van der Waals surface area contributed by atoms with E-state index in [9.17, 15) is 14.9 Å². The summed E-state index contributed by atoms with van der Waals surface area (Å²) in [4.78, 5) is 24.0. The molecule has 9 nitrogen and oxygen atoms in total. The Morgan fingerprint density at radius 2 is 2.00 bits per heavy atom. The van der Waals surface area contributed by atoms with Crippen LogP contribution in [-0.2, 0) is 9.53 Å². The van der Waals surface area contributed by atoms with Gasteiger partial charge in [-0.3, -0.25) is 10.1 Å². The van der Waals surface area contributed by atoms with Crippen LogP contribution in [0.2, 0.25) is 5.02 Å². The Morgan fingerprint density at radius 3 is 2.72 bits per heavy atom. The highest BCUT2D eigenvalue weighted by Gasteiger charge is 2.49. The molecule has 0 aliphatic carbocycles. The number of benzene rings is 1. The van der Waals surface area contributed by atoms with Gasteiger partial charge in [0.25, 0.3) is 0 Å². The molecule has 1 aromatic carbocycles. The number of imide groups is 1. The van der Waals surface area contributed by atoms with Crippen LogP contribution in [0.5, 0.6) is 11.5 Å². The highest BCUT2D eigenvalue weighted by atomic mass is 35.5. The summed E-state index contributed by atoms with van der Waals surface area (Å²) in [5, 5.41) is 14.4. The van der Waals surface area contributed by atoms with Gasteiger partial charge in [-0.2, -0.15) is 5.26 Å². The topological polar surface area (TPSA) is 136 Å². The summed E-state index contributed by atoms with van der Waals surface area (Å²) < 4.78 is 16.0. The molecule has 4 rings (SSSR count). The third kappa shape index (κ3) is 2.30. The van der Waals surface area contributed by atoms with E-state index in [1.807, 2.05) is 6.07 Å². The van der Waals surface area contributed by atoms with Crippen molar-refractivity contribution < 1.29 is 23.8 Å². The lowest BCUT2D eigenvalue weighted by Gasteiger charge is -2.40. The smallest absolute Gasteiger partial charge is 0.324 e. The van der Waals surface area contributed by atoms with E-state index in [-0.39, 0.29) is 23.3 Å². The number of allylic oxidation sites excluding steroid dienone is 1. The van der Waals surface area contributed by atoms with Crippen LogP contribution in [0.25, 0.3) is 0 Å². The van der Waals surface area contributed by atoms with E-state index in [1.165, 1.54) is 0 Å². The number of halogens is 1. The van der Waals surface area contributed by atoms with Crippen molar-refractivity contribution in [3.8, 4) is 17.6 Å². The van der Waals surface area contributed by atoms with Crippen LogP contribution in [0.3, 0.4) is 0 Å². The van der Waals surface area contributed by atoms with Crippen LogP contribution in [-0.4, -0.2) is 25.0 Å². The summed E-state index contributed by atoms with van der Waals surface area (Å²) in [5.74, 6) is -1.58. The normalized spacial score (nSPS) is 27.0. The third-order valence-corrected chi connectivity index (χ3v) is 4.60. The average molecular weight is 363 g/mol. The minimum Gasteiger partial charge on any atom is -0.454 e. The molecule has 1 aromatic rings. The van der Waals surface area contributed by atoms with Gasteiger partial charge in [0, 0.05) is 17.0 Å². The fourth-order valence-electron chi connectivity index (χ4n) is 3.19. The van der Waals surface area contributed by atoms with Crippen molar-refractivity contribution in [2.45, 2.75) is 12.1 Å². The molecule has 0 radical (unpaired) electrons. The summed E-state index contributed by atoms with van der Waals surface area (Å²) in [6.45, 7) is 0.0502. The number of carbonyl (C=O) groups is 2. The van der Waals surface area contributed by atoms with Crippen LogP contribution < -0.4 is 25.8 Å². The summed E-state index contributed by atoms with van der Waals surface area (Å²) in [7, 11) is 0. The summed E-state index contributed by atoms with van der Waals surface area (Å²) in [6, 6.07) is 4.42. The number of nitrogens with one attached hydrogen (secondary N) is 2. The number of carbonyl (C=O) groups excluding carboxylic acids is 2. The van der Waals surface area contributed by atoms with Crippen LogP contribution >= 0.6 is 11.6 Å². The van der Waals surface area contributed by atoms with Crippen LogP contribution in [0.4, 0.5) is 4.79 Å². The van der Waals surface area contributed by atoms with E-state index in [2.05, 4.69) is 10.6 Å². The second-order valence-corrected chi connectivity index (χ2v) is 6.03. The van der Waals surface area contributed by atoms with Gasteiger partial charge in [-0.25, -0.2) is 4.79 Å². The van der Waals surface area contributed by atoms with Crippen molar-refractivity contribution in [2.24, 2.45) is 11.7 Å². The van der Waals surface area contributed by atoms with Crippen molar-refractivity contribution in [3.63, 3.8) is 0 Å². The molecule has 3 amide bonds. The molecule has 25 heavy (non-hydrogen) atoms. The van der Waals surface area contributed by atoms with E-state index in [1.54, 1.807) is 12.1 Å². The van der Waals surface area contributed by atoms with Gasteiger partial charge in [-0.05, 0) is 11.6 Å². The van der Waals surface area contributed by atoms with Gasteiger partial charge in [-0.1, -0.05) is 11.6 Å². The van der Waals surface area contributed by atoms with Crippen LogP contribution in [0.15, 0.2) is 23.6 Å². The molecule has 10 heteroatoms. The lowest BCUT2D eigenvalue weighted by atomic mass is 9.77. The second kappa shape index (κ2) is 5.46. The monoisotopic (exact) mass is 362 g/mol. The zero-order valence-electron chi connectivity index (χ0n) is 12.5. The minimum absolute atomic E-state index is 0.0494. The number of hydrogen-bond acceptors (Lipinski definition) is 7. The molecule has 128 valence electrons. The van der Waals surface area contributed by atoms with Gasteiger partial charge in [0.1, 0.15) is 12.0 Å². The fourth-order valence-corrected chi connectivity index (χ4v) is 3.47. The molecule has 1 saturated heterocycles. The lowest BCUT2D eigenvalue weighted by molar-refractivity contribution is -0.132. The molecule has 3 aliphatic heterocycles. The van der Waals surface area contributed by atoms with Crippen molar-refractivity contribution in [2.75, 3.05) is 6.79 Å². The lowest BCUT2D eigenvalue weighted by Crippen LogP contribution is -2.62. The number of amides is 3. The number of nitrogens with zero attached hydrogens (tertiary/aromatic N) is 1. The SMILES string of the molecule is N#CC1=C(N)O[C@@H]2NC(=O)NC(=O)[C@H]2[C@H]1c1cc2c(cc1Cl)OCO2. The first-order valence-corrected chi connectivity index (χ1v) is 7.64. The Balaban J connectivity index is 1.88. The molecule has 0 saturated carbocycles. The maximum Gasteiger partial charge on any atom is 0.324 e. The second-order valence-electron chi connectivity index (χ2n) is 5.62. The van der Waals surface area contributed by atoms with Gasteiger partial charge in [0.2, 0.25) is 18.6 Å². The van der Waals surface area contributed by atoms with Crippen molar-refractivity contribution in [3.05, 3.63) is 34.2 Å². The predicted molar refractivity (Wildman–Crippen MR) is 82.2 cm³/mol. The Bertz CT molecular complexity index is 877. The Kier molecular flexibility index (Phi) is 3.36. The minimum atomic E-state index is -1.01. The molecule has 3 atom stereocenters. The maximum atomic E-state index is 12.4. The molecule has 0 aromatic heterocycles. The van der Waals surface area contributed by atoms with E-state index in [4.69, 9.17) is 31.5 Å². The number of rotatable bonds is 1. The molecular formula is C15H11ClN4O5. The first-order chi connectivity index (χ1) is 12.0. The molecule has 4 N–H and O–H groups in total. The number of hydrogen-bond donors (Lipinski definition) is 3. The number of nitrogens with two attached hydrogens (primary N) is 1. The van der Waals surface area contributed by atoms with E-state index >= 15 is 0 Å². The predicted octanol–water partition coefficient (Wildman–Crippen LogP) is 0.658. The quantitative estimate of drug-likeness (QED) is 0.667. The molecule has 0 spiro atoms. The maximum absolute atomic E-state index is 12.4. The van der Waals surface area contributed by atoms with Crippen molar-refractivity contribution >= 4 is 23.5 Å². The van der Waals surface area contributed by atoms with Gasteiger partial charge in [0.15, 0.2) is 17.7 Å². The standard InChI is InChI=1S/C15H11ClN4O5/c16-7-2-9-8(23-4-24-9)1-5(7)10-6(3-17)12(18)25-14-11(10)13(21)19-15(22)20-14/h1-2,10-11,14H,4,18H2,(H2,19,20,21,22)/t10-,11+,14-/m0/s1. The van der Waals surface area contributed by atoms with Crippen molar-refractivity contribution in [1.29, 1.82) is 5.26 Å². The largest absolute Gasteiger partial charge is 0.454 e. The van der Waals surface area contributed by atoms with E-state index in [0.29, 0.717) is 17.1 Å². The first-order valence-electron chi connectivity index (χ1n) is 7.26. The highest BCUT2D eigenvalue weighted by molar-refractivity contribution is 6.31. The summed E-state index contributed by atoms with van der Waals surface area (Å²) >= 11 is 6.35. The molecule has 3 heterocycles. The summed E-state index contributed by atoms with van der Waals surface area (Å²) in [6.07, 6.45) is -1.01. The van der Waals surface area contributed by atoms with Gasteiger partial charge in [-0.15, -0.1) is 0 Å². The Hall–Kier alpha value is -3.12. The van der Waals surface area contributed by atoms with E-state index in [0.717, 1.165) is 0 Å². The molecule has 0 bridgehead atoms. The Morgan fingerprint density at radius 1 is 1.28 bits per heavy atom. The van der Waals surface area contributed by atoms with E-state index < -0.39 is 30.0 Å². The molecule has 0 unspecified atom stereocenters. The van der Waals surface area contributed by atoms with Crippen LogP contribution in [0.1, 0.15) is 11.5 Å².